The topological polar surface area (TPSA) is 120 Å². The number of ether oxygens (including phenoxy) is 1. The highest BCUT2D eigenvalue weighted by atomic mass is 19.1. The van der Waals surface area contributed by atoms with Gasteiger partial charge in [-0.05, 0) is 87.1 Å². The Labute approximate surface area is 272 Å². The van der Waals surface area contributed by atoms with E-state index in [9.17, 15) is 14.0 Å². The van der Waals surface area contributed by atoms with Gasteiger partial charge in [-0.2, -0.15) is 0 Å². The molecule has 2 saturated heterocycles. The maximum atomic E-state index is 13.7. The molecule has 11 heteroatoms. The zero-order valence-electron chi connectivity index (χ0n) is 26.4. The number of aromatic nitrogens is 4. The Morgan fingerprint density at radius 1 is 0.936 bits per heavy atom. The minimum Gasteiger partial charge on any atom is -0.383 e. The largest absolute Gasteiger partial charge is 0.383 e. The number of nitrogens with zero attached hydrogens (tertiary/aromatic N) is 5. The molecule has 3 aromatic heterocycles. The van der Waals surface area contributed by atoms with Gasteiger partial charge in [-0.25, -0.2) is 14.4 Å². The third-order valence-corrected chi connectivity index (χ3v) is 9.46. The normalized spacial score (nSPS) is 16.5. The van der Waals surface area contributed by atoms with Gasteiger partial charge in [0.1, 0.15) is 29.2 Å². The number of carbonyl (C=O) groups excluding carboxylic acids is 1. The SMILES string of the molecule is CN1CCC(n2cc(-c3ccc(NC(=O)c4cn(CC5CCOCC5)cc(-c5ccc(F)cc5)c4=O)cc3)c3c(N)ncnc32)CC1. The van der Waals surface area contributed by atoms with Gasteiger partial charge in [0.25, 0.3) is 5.91 Å². The van der Waals surface area contributed by atoms with Crippen molar-refractivity contribution in [3.63, 3.8) is 0 Å². The van der Waals surface area contributed by atoms with Crippen molar-refractivity contribution in [2.75, 3.05) is 44.4 Å². The summed E-state index contributed by atoms with van der Waals surface area (Å²) in [5.74, 6) is -0.119. The van der Waals surface area contributed by atoms with Crippen LogP contribution in [-0.2, 0) is 11.3 Å². The van der Waals surface area contributed by atoms with E-state index in [1.807, 2.05) is 28.8 Å². The predicted molar refractivity (Wildman–Crippen MR) is 181 cm³/mol. The van der Waals surface area contributed by atoms with Crippen LogP contribution < -0.4 is 16.5 Å². The number of piperidine rings is 1. The third-order valence-electron chi connectivity index (χ3n) is 9.46. The van der Waals surface area contributed by atoms with E-state index in [2.05, 4.69) is 38.0 Å². The fourth-order valence-electron chi connectivity index (χ4n) is 6.77. The van der Waals surface area contributed by atoms with Crippen molar-refractivity contribution in [2.45, 2.75) is 38.3 Å². The van der Waals surface area contributed by atoms with Crippen LogP contribution in [0.1, 0.15) is 42.1 Å². The molecule has 47 heavy (non-hydrogen) atoms. The lowest BCUT2D eigenvalue weighted by Crippen LogP contribution is -2.31. The second-order valence-electron chi connectivity index (χ2n) is 12.6. The number of fused-ring (bicyclic) bond motifs is 1. The molecule has 0 radical (unpaired) electrons. The molecular weight excluding hydrogens is 597 g/mol. The predicted octanol–water partition coefficient (Wildman–Crippen LogP) is 5.59. The minimum atomic E-state index is -0.510. The van der Waals surface area contributed by atoms with Crippen LogP contribution >= 0.6 is 0 Å². The number of anilines is 2. The lowest BCUT2D eigenvalue weighted by Gasteiger charge is -2.30. The van der Waals surface area contributed by atoms with E-state index >= 15 is 0 Å². The summed E-state index contributed by atoms with van der Waals surface area (Å²) in [6.07, 6.45) is 10.8. The Morgan fingerprint density at radius 2 is 1.62 bits per heavy atom. The monoisotopic (exact) mass is 635 g/mol. The van der Waals surface area contributed by atoms with Crippen molar-refractivity contribution in [1.82, 2.24) is 24.0 Å². The number of pyridine rings is 1. The molecule has 242 valence electrons. The van der Waals surface area contributed by atoms with Crippen LogP contribution in [0.4, 0.5) is 15.9 Å². The number of amides is 1. The van der Waals surface area contributed by atoms with Crippen LogP contribution in [0.3, 0.4) is 0 Å². The Balaban J connectivity index is 1.17. The first-order valence-electron chi connectivity index (χ1n) is 16.1. The molecule has 7 rings (SSSR count). The van der Waals surface area contributed by atoms with Crippen LogP contribution in [0.25, 0.3) is 33.3 Å². The molecule has 0 atom stereocenters. The fourth-order valence-corrected chi connectivity index (χ4v) is 6.77. The molecule has 5 heterocycles. The maximum absolute atomic E-state index is 13.7. The zero-order valence-corrected chi connectivity index (χ0v) is 26.4. The molecule has 2 aromatic carbocycles. The van der Waals surface area contributed by atoms with Crippen molar-refractivity contribution >= 4 is 28.4 Å². The van der Waals surface area contributed by atoms with Crippen LogP contribution in [0.2, 0.25) is 0 Å². The number of halogens is 1. The van der Waals surface area contributed by atoms with Gasteiger partial charge in [-0.15, -0.1) is 0 Å². The summed E-state index contributed by atoms with van der Waals surface area (Å²) in [6, 6.07) is 13.6. The van der Waals surface area contributed by atoms with E-state index in [0.29, 0.717) is 54.4 Å². The third kappa shape index (κ3) is 6.41. The standard InChI is InChI=1S/C36H38FN7O3/c1-42-14-10-28(11-15-42)44-21-29(32-34(38)39-22-40-35(32)44)24-4-8-27(9-5-24)41-36(46)31-20-43(18-23-12-16-47-17-13-23)19-30(33(31)45)25-2-6-26(37)7-3-25/h2-9,19-23,28H,10-18H2,1H3,(H,41,46)(H2,38,39,40). The second-order valence-corrected chi connectivity index (χ2v) is 12.6. The Bertz CT molecular complexity index is 1960. The number of benzene rings is 2. The average molecular weight is 636 g/mol. The molecule has 2 aliphatic rings. The van der Waals surface area contributed by atoms with Gasteiger partial charge in [0.05, 0.1) is 5.39 Å². The first-order chi connectivity index (χ1) is 22.8. The first-order valence-corrected chi connectivity index (χ1v) is 16.1. The molecule has 5 aromatic rings. The molecule has 2 aliphatic heterocycles. The highest BCUT2D eigenvalue weighted by molar-refractivity contribution is 6.05. The second kappa shape index (κ2) is 13.1. The summed E-state index contributed by atoms with van der Waals surface area (Å²) in [4.78, 5) is 38.5. The van der Waals surface area contributed by atoms with Gasteiger partial charge < -0.3 is 29.8 Å². The van der Waals surface area contributed by atoms with Gasteiger partial charge >= 0.3 is 0 Å². The van der Waals surface area contributed by atoms with Crippen molar-refractivity contribution in [3.8, 4) is 22.3 Å². The summed E-state index contributed by atoms with van der Waals surface area (Å²) < 4.78 is 23.3. The molecule has 0 bridgehead atoms. The Hall–Kier alpha value is -4.87. The van der Waals surface area contributed by atoms with E-state index in [-0.39, 0.29) is 5.56 Å². The summed E-state index contributed by atoms with van der Waals surface area (Å²) in [5, 5.41) is 3.73. The number of hydrogen-bond donors (Lipinski definition) is 2. The number of hydrogen-bond acceptors (Lipinski definition) is 7. The molecule has 0 aliphatic carbocycles. The zero-order chi connectivity index (χ0) is 32.5. The number of likely N-dealkylation sites (tertiary alicyclic amines) is 1. The van der Waals surface area contributed by atoms with Crippen LogP contribution in [-0.4, -0.2) is 63.3 Å². The number of nitrogen functional groups attached to an aromatic ring is 1. The van der Waals surface area contributed by atoms with Crippen LogP contribution in [0.15, 0.2) is 78.2 Å². The van der Waals surface area contributed by atoms with E-state index in [1.165, 1.54) is 18.5 Å². The Morgan fingerprint density at radius 3 is 2.34 bits per heavy atom. The van der Waals surface area contributed by atoms with Crippen molar-refractivity contribution in [1.29, 1.82) is 0 Å². The molecule has 1 amide bonds. The van der Waals surface area contributed by atoms with E-state index in [4.69, 9.17) is 10.5 Å². The van der Waals surface area contributed by atoms with Gasteiger partial charge in [0.2, 0.25) is 5.43 Å². The van der Waals surface area contributed by atoms with E-state index in [0.717, 1.165) is 60.9 Å². The van der Waals surface area contributed by atoms with Crippen molar-refractivity contribution in [2.24, 2.45) is 5.92 Å². The van der Waals surface area contributed by atoms with E-state index < -0.39 is 17.2 Å². The maximum Gasteiger partial charge on any atom is 0.261 e. The lowest BCUT2D eigenvalue weighted by molar-refractivity contribution is 0.0612. The molecule has 0 unspecified atom stereocenters. The highest BCUT2D eigenvalue weighted by Gasteiger charge is 2.24. The lowest BCUT2D eigenvalue weighted by atomic mass is 9.99. The quantitative estimate of drug-likeness (QED) is 0.239. The minimum absolute atomic E-state index is 0.0223. The highest BCUT2D eigenvalue weighted by Crippen LogP contribution is 2.37. The summed E-state index contributed by atoms with van der Waals surface area (Å²) >= 11 is 0. The fraction of sp³-hybridized carbons (Fsp3) is 0.333. The number of nitrogens with two attached hydrogens (primary N) is 1. The molecule has 3 N–H and O–H groups in total. The van der Waals surface area contributed by atoms with Crippen molar-refractivity contribution < 1.29 is 13.9 Å². The molecule has 2 fully saturated rings. The smallest absolute Gasteiger partial charge is 0.261 e. The van der Waals surface area contributed by atoms with E-state index in [1.54, 1.807) is 24.5 Å². The van der Waals surface area contributed by atoms with Gasteiger partial charge in [-0.3, -0.25) is 9.59 Å². The number of nitrogens with one attached hydrogen (secondary N) is 1. The Kier molecular flexibility index (Phi) is 8.57. The first kappa shape index (κ1) is 30.8. The molecular formula is C36H38FN7O3. The van der Waals surface area contributed by atoms with Crippen LogP contribution in [0.5, 0.6) is 0 Å². The van der Waals surface area contributed by atoms with Crippen LogP contribution in [0, 0.1) is 11.7 Å². The summed E-state index contributed by atoms with van der Waals surface area (Å²) in [5.41, 5.74) is 10.1. The molecule has 0 spiro atoms. The molecule has 0 saturated carbocycles. The van der Waals surface area contributed by atoms with Gasteiger partial charge in [-0.1, -0.05) is 24.3 Å². The van der Waals surface area contributed by atoms with Gasteiger partial charge in [0, 0.05) is 61.2 Å². The molecule has 10 nitrogen and oxygen atoms in total. The van der Waals surface area contributed by atoms with Crippen molar-refractivity contribution in [3.05, 3.63) is 95.1 Å². The van der Waals surface area contributed by atoms with Gasteiger partial charge in [0.15, 0.2) is 0 Å². The average Bonchev–Trinajstić information content (AvgIpc) is 3.48. The summed E-state index contributed by atoms with van der Waals surface area (Å²) in [7, 11) is 2.14. The number of rotatable bonds is 7. The number of carbonyl (C=O) groups is 1. The summed E-state index contributed by atoms with van der Waals surface area (Å²) in [6.45, 7) is 4.06.